The monoisotopic (exact) mass is 217 g/mol. The number of hydrogen-bond acceptors (Lipinski definition) is 3. The number of carbonyl (C=O) groups excluding carboxylic acids is 2. The van der Waals surface area contributed by atoms with E-state index >= 15 is 0 Å². The highest BCUT2D eigenvalue weighted by Gasteiger charge is 2.33. The van der Waals surface area contributed by atoms with Gasteiger partial charge in [0, 0.05) is 30.3 Å². The molecule has 0 aromatic carbocycles. The Labute approximate surface area is 94.9 Å². The van der Waals surface area contributed by atoms with Crippen molar-refractivity contribution in [2.24, 2.45) is 11.8 Å². The van der Waals surface area contributed by atoms with Crippen LogP contribution in [0.4, 0.5) is 0 Å². The molecule has 0 amide bonds. The molecule has 3 nitrogen and oxygen atoms in total. The first-order chi connectivity index (χ1) is 7.66. The molecule has 1 aliphatic carbocycles. The van der Waals surface area contributed by atoms with Crippen LogP contribution in [0.25, 0.3) is 0 Å². The maximum atomic E-state index is 11.8. The summed E-state index contributed by atoms with van der Waals surface area (Å²) in [6, 6.07) is 3.56. The first-order valence-electron chi connectivity index (χ1n) is 5.60. The van der Waals surface area contributed by atoms with Crippen molar-refractivity contribution in [3.8, 4) is 0 Å². The lowest BCUT2D eigenvalue weighted by Gasteiger charge is -2.33. The van der Waals surface area contributed by atoms with E-state index in [0.29, 0.717) is 17.9 Å². The molecule has 0 unspecified atom stereocenters. The molecule has 3 heteroatoms. The summed E-state index contributed by atoms with van der Waals surface area (Å²) in [6.45, 7) is 1.63. The van der Waals surface area contributed by atoms with Crippen molar-refractivity contribution in [1.82, 2.24) is 4.98 Å². The summed E-state index contributed by atoms with van der Waals surface area (Å²) in [5.74, 6) is 0.985. The smallest absolute Gasteiger partial charge is 0.164 e. The van der Waals surface area contributed by atoms with Gasteiger partial charge in [-0.2, -0.15) is 0 Å². The summed E-state index contributed by atoms with van der Waals surface area (Å²) in [6.07, 6.45) is 5.56. The van der Waals surface area contributed by atoms with Crippen LogP contribution in [0, 0.1) is 11.8 Å². The van der Waals surface area contributed by atoms with Crippen LogP contribution in [0.1, 0.15) is 36.5 Å². The Morgan fingerprint density at radius 2 is 2.19 bits per heavy atom. The van der Waals surface area contributed by atoms with Crippen LogP contribution in [0.15, 0.2) is 24.5 Å². The molecule has 0 N–H and O–H groups in total. The molecular formula is C13H15NO2. The highest BCUT2D eigenvalue weighted by atomic mass is 16.1. The van der Waals surface area contributed by atoms with Crippen LogP contribution < -0.4 is 0 Å². The van der Waals surface area contributed by atoms with E-state index in [1.807, 2.05) is 0 Å². The van der Waals surface area contributed by atoms with Gasteiger partial charge in [0.05, 0.1) is 0 Å². The van der Waals surface area contributed by atoms with Gasteiger partial charge in [0.25, 0.3) is 0 Å². The van der Waals surface area contributed by atoms with E-state index in [1.165, 1.54) is 0 Å². The van der Waals surface area contributed by atoms with Gasteiger partial charge in [-0.25, -0.2) is 0 Å². The number of ketones is 2. The summed E-state index contributed by atoms with van der Waals surface area (Å²) in [5, 5.41) is 0. The number of aromatic nitrogens is 1. The van der Waals surface area contributed by atoms with Crippen LogP contribution in [-0.4, -0.2) is 16.6 Å². The molecule has 1 aromatic rings. The minimum Gasteiger partial charge on any atom is -0.300 e. The lowest BCUT2D eigenvalue weighted by molar-refractivity contribution is -0.124. The van der Waals surface area contributed by atoms with E-state index in [9.17, 15) is 9.59 Å². The Balaban J connectivity index is 1.84. The minimum atomic E-state index is 0.139. The highest BCUT2D eigenvalue weighted by Crippen LogP contribution is 2.37. The Kier molecular flexibility index (Phi) is 3.13. The van der Waals surface area contributed by atoms with Crippen molar-refractivity contribution >= 4 is 11.6 Å². The van der Waals surface area contributed by atoms with E-state index in [4.69, 9.17) is 0 Å². The number of nitrogens with zero attached hydrogens (tertiary/aromatic N) is 1. The van der Waals surface area contributed by atoms with Crippen LogP contribution in [-0.2, 0) is 4.79 Å². The van der Waals surface area contributed by atoms with Crippen molar-refractivity contribution in [1.29, 1.82) is 0 Å². The van der Waals surface area contributed by atoms with Crippen LogP contribution >= 0.6 is 0 Å². The molecular weight excluding hydrogens is 202 g/mol. The van der Waals surface area contributed by atoms with Gasteiger partial charge in [-0.3, -0.25) is 14.6 Å². The quantitative estimate of drug-likeness (QED) is 0.727. The highest BCUT2D eigenvalue weighted by molar-refractivity contribution is 5.96. The molecule has 1 aromatic heterocycles. The molecule has 0 radical (unpaired) electrons. The molecule has 1 aliphatic rings. The van der Waals surface area contributed by atoms with E-state index in [0.717, 1.165) is 12.8 Å². The summed E-state index contributed by atoms with van der Waals surface area (Å²) >= 11 is 0. The lowest BCUT2D eigenvalue weighted by Crippen LogP contribution is -2.30. The predicted molar refractivity (Wildman–Crippen MR) is 60.1 cm³/mol. The Morgan fingerprint density at radius 1 is 1.44 bits per heavy atom. The third kappa shape index (κ3) is 2.35. The third-order valence-corrected chi connectivity index (χ3v) is 3.27. The van der Waals surface area contributed by atoms with Gasteiger partial charge < -0.3 is 0 Å². The van der Waals surface area contributed by atoms with Gasteiger partial charge in [0.15, 0.2) is 5.78 Å². The zero-order valence-corrected chi connectivity index (χ0v) is 9.35. The summed E-state index contributed by atoms with van der Waals surface area (Å²) in [5.41, 5.74) is 0.675. The van der Waals surface area contributed by atoms with Crippen molar-refractivity contribution < 1.29 is 9.59 Å². The molecule has 2 rings (SSSR count). The summed E-state index contributed by atoms with van der Waals surface area (Å²) in [7, 11) is 0. The molecule has 0 atom stereocenters. The van der Waals surface area contributed by atoms with Gasteiger partial charge in [-0.15, -0.1) is 0 Å². The molecule has 0 saturated heterocycles. The fourth-order valence-corrected chi connectivity index (χ4v) is 2.14. The van der Waals surface area contributed by atoms with E-state index in [1.54, 1.807) is 31.5 Å². The average molecular weight is 217 g/mol. The first kappa shape index (κ1) is 11.0. The van der Waals surface area contributed by atoms with Crippen LogP contribution in [0.3, 0.4) is 0 Å². The zero-order valence-electron chi connectivity index (χ0n) is 9.35. The number of carbonyl (C=O) groups is 2. The van der Waals surface area contributed by atoms with Crippen molar-refractivity contribution in [3.05, 3.63) is 30.1 Å². The topological polar surface area (TPSA) is 47.0 Å². The van der Waals surface area contributed by atoms with Crippen molar-refractivity contribution in [2.75, 3.05) is 0 Å². The third-order valence-electron chi connectivity index (χ3n) is 3.27. The molecule has 1 heterocycles. The number of rotatable bonds is 4. The Bertz CT molecular complexity index is 394. The zero-order chi connectivity index (χ0) is 11.5. The number of pyridine rings is 1. The molecule has 0 bridgehead atoms. The van der Waals surface area contributed by atoms with Crippen LogP contribution in [0.2, 0.25) is 0 Å². The van der Waals surface area contributed by atoms with Crippen molar-refractivity contribution in [3.63, 3.8) is 0 Å². The fourth-order valence-electron chi connectivity index (χ4n) is 2.14. The first-order valence-corrected chi connectivity index (χ1v) is 5.60. The second kappa shape index (κ2) is 4.56. The van der Waals surface area contributed by atoms with Crippen molar-refractivity contribution in [2.45, 2.75) is 26.2 Å². The fraction of sp³-hybridized carbons (Fsp3) is 0.462. The van der Waals surface area contributed by atoms with E-state index in [2.05, 4.69) is 4.98 Å². The largest absolute Gasteiger partial charge is 0.300 e. The summed E-state index contributed by atoms with van der Waals surface area (Å²) < 4.78 is 0. The Morgan fingerprint density at radius 3 is 2.75 bits per heavy atom. The molecule has 16 heavy (non-hydrogen) atoms. The van der Waals surface area contributed by atoms with Gasteiger partial charge in [-0.05, 0) is 37.8 Å². The number of hydrogen-bond donors (Lipinski definition) is 0. The normalized spacial score (nSPS) is 23.6. The molecule has 0 aliphatic heterocycles. The van der Waals surface area contributed by atoms with Gasteiger partial charge >= 0.3 is 0 Å². The predicted octanol–water partition coefficient (Wildman–Crippen LogP) is 2.27. The summed E-state index contributed by atoms with van der Waals surface area (Å²) in [4.78, 5) is 26.8. The lowest BCUT2D eigenvalue weighted by atomic mass is 9.70. The second-order valence-electron chi connectivity index (χ2n) is 4.51. The van der Waals surface area contributed by atoms with E-state index < -0.39 is 0 Å². The van der Waals surface area contributed by atoms with Crippen LogP contribution in [0.5, 0.6) is 0 Å². The maximum Gasteiger partial charge on any atom is 0.164 e. The second-order valence-corrected chi connectivity index (χ2v) is 4.51. The van der Waals surface area contributed by atoms with E-state index in [-0.39, 0.29) is 17.5 Å². The van der Waals surface area contributed by atoms with Gasteiger partial charge in [0.2, 0.25) is 0 Å². The maximum absolute atomic E-state index is 11.8. The SMILES string of the molecule is CC(=O)C1CC(CC(=O)c2cccnc2)C1. The molecule has 84 valence electrons. The minimum absolute atomic E-state index is 0.139. The molecule has 0 spiro atoms. The number of Topliss-reactive ketones (excluding diaryl/α,β-unsaturated/α-hetero) is 2. The average Bonchev–Trinajstić information content (AvgIpc) is 2.23. The van der Waals surface area contributed by atoms with Gasteiger partial charge in [0.1, 0.15) is 5.78 Å². The Hall–Kier alpha value is -1.51. The standard InChI is InChI=1S/C13H15NO2/c1-9(15)12-5-10(6-12)7-13(16)11-3-2-4-14-8-11/h2-4,8,10,12H,5-7H2,1H3. The van der Waals surface area contributed by atoms with Gasteiger partial charge in [-0.1, -0.05) is 0 Å². The molecule has 1 saturated carbocycles. The molecule has 1 fully saturated rings.